The first-order valence-corrected chi connectivity index (χ1v) is 13.1. The molecule has 0 radical (unpaired) electrons. The first kappa shape index (κ1) is 27.5. The van der Waals surface area contributed by atoms with Gasteiger partial charge in [-0.25, -0.2) is 9.59 Å². The van der Waals surface area contributed by atoms with Gasteiger partial charge >= 0.3 is 12.1 Å². The quantitative estimate of drug-likeness (QED) is 0.327. The number of hydrogen-bond donors (Lipinski definition) is 1. The van der Waals surface area contributed by atoms with E-state index in [2.05, 4.69) is 12.1 Å². The van der Waals surface area contributed by atoms with Crippen molar-refractivity contribution in [3.8, 4) is 5.75 Å². The Morgan fingerprint density at radius 3 is 2.36 bits per heavy atom. The summed E-state index contributed by atoms with van der Waals surface area (Å²) in [6.07, 6.45) is 6.23. The molecule has 1 N–H and O–H groups in total. The average molecular weight is 498 g/mol. The Kier molecular flexibility index (Phi) is 11.6. The summed E-state index contributed by atoms with van der Waals surface area (Å²) in [7, 11) is 0. The van der Waals surface area contributed by atoms with Gasteiger partial charge < -0.3 is 24.2 Å². The molecule has 3 rings (SSSR count). The van der Waals surface area contributed by atoms with E-state index in [1.807, 2.05) is 42.5 Å². The van der Waals surface area contributed by atoms with E-state index < -0.39 is 12.1 Å². The van der Waals surface area contributed by atoms with Crippen LogP contribution in [0.3, 0.4) is 0 Å². The molecule has 2 aromatic rings. The smallest absolute Gasteiger partial charge is 0.410 e. The highest BCUT2D eigenvalue weighted by Gasteiger charge is 2.23. The van der Waals surface area contributed by atoms with Crippen molar-refractivity contribution >= 4 is 12.1 Å². The lowest BCUT2D eigenvalue weighted by molar-refractivity contribution is -0.149. The number of carbonyl (C=O) groups excluding carboxylic acids is 1. The van der Waals surface area contributed by atoms with Crippen LogP contribution in [0.15, 0.2) is 54.6 Å². The van der Waals surface area contributed by atoms with Gasteiger partial charge in [0.15, 0.2) is 6.10 Å². The minimum atomic E-state index is -0.967. The number of aliphatic carboxylic acids is 1. The second-order valence-electron chi connectivity index (χ2n) is 9.20. The predicted octanol–water partition coefficient (Wildman–Crippen LogP) is 5.50. The molecule has 36 heavy (non-hydrogen) atoms. The van der Waals surface area contributed by atoms with Gasteiger partial charge in [0.25, 0.3) is 0 Å². The first-order valence-electron chi connectivity index (χ1n) is 13.1. The summed E-state index contributed by atoms with van der Waals surface area (Å²) in [5, 5.41) is 9.27. The maximum Gasteiger partial charge on any atom is 0.410 e. The first-order chi connectivity index (χ1) is 17.5. The highest BCUT2D eigenvalue weighted by Crippen LogP contribution is 2.22. The lowest BCUT2D eigenvalue weighted by Gasteiger charge is -2.24. The van der Waals surface area contributed by atoms with Crippen LogP contribution < -0.4 is 4.74 Å². The average Bonchev–Trinajstić information content (AvgIpc) is 3.39. The second-order valence-corrected chi connectivity index (χ2v) is 9.20. The summed E-state index contributed by atoms with van der Waals surface area (Å²) in [5.74, 6) is -0.291. The fourth-order valence-electron chi connectivity index (χ4n) is 4.42. The normalized spacial score (nSPS) is 14.4. The highest BCUT2D eigenvalue weighted by molar-refractivity contribution is 5.72. The molecule has 0 heterocycles. The van der Waals surface area contributed by atoms with Gasteiger partial charge in [-0.2, -0.15) is 0 Å². The number of amides is 1. The van der Waals surface area contributed by atoms with Crippen molar-refractivity contribution in [3.05, 3.63) is 65.7 Å². The summed E-state index contributed by atoms with van der Waals surface area (Å²) in [5.41, 5.74) is 2.17. The van der Waals surface area contributed by atoms with Gasteiger partial charge in [0, 0.05) is 19.6 Å². The van der Waals surface area contributed by atoms with Crippen molar-refractivity contribution in [3.63, 3.8) is 0 Å². The number of carbonyl (C=O) groups is 2. The van der Waals surface area contributed by atoms with Crippen LogP contribution in [0.1, 0.15) is 56.6 Å². The van der Waals surface area contributed by atoms with Crippen molar-refractivity contribution in [2.45, 2.75) is 70.5 Å². The molecule has 1 aliphatic carbocycles. The van der Waals surface area contributed by atoms with Crippen molar-refractivity contribution in [1.82, 2.24) is 4.90 Å². The van der Waals surface area contributed by atoms with Gasteiger partial charge in [-0.15, -0.1) is 0 Å². The second kappa shape index (κ2) is 15.1. The molecule has 0 bridgehead atoms. The third-order valence-electron chi connectivity index (χ3n) is 6.43. The molecule has 7 heteroatoms. The van der Waals surface area contributed by atoms with E-state index in [-0.39, 0.29) is 12.2 Å². The van der Waals surface area contributed by atoms with Crippen LogP contribution >= 0.6 is 0 Å². The predicted molar refractivity (Wildman–Crippen MR) is 138 cm³/mol. The van der Waals surface area contributed by atoms with Crippen LogP contribution in [0.25, 0.3) is 0 Å². The number of carboxylic acid groups (broad SMARTS) is 1. The summed E-state index contributed by atoms with van der Waals surface area (Å²) in [6.45, 7) is 3.57. The zero-order chi connectivity index (χ0) is 25.6. The summed E-state index contributed by atoms with van der Waals surface area (Å²) in [6, 6.07) is 17.7. The molecular formula is C29H39NO6. The lowest BCUT2D eigenvalue weighted by atomic mass is 10.1. The Hall–Kier alpha value is -3.06. The van der Waals surface area contributed by atoms with Crippen LogP contribution in [-0.4, -0.2) is 60.6 Å². The van der Waals surface area contributed by atoms with Gasteiger partial charge in [-0.3, -0.25) is 0 Å². The van der Waals surface area contributed by atoms with Crippen LogP contribution in [0.4, 0.5) is 4.79 Å². The molecule has 2 aromatic carbocycles. The van der Waals surface area contributed by atoms with E-state index in [1.165, 1.54) is 5.56 Å². The Bertz CT molecular complexity index is 911. The molecule has 1 amide bonds. The fourth-order valence-corrected chi connectivity index (χ4v) is 4.42. The molecule has 1 aliphatic rings. The molecule has 1 unspecified atom stereocenters. The summed E-state index contributed by atoms with van der Waals surface area (Å²) in [4.78, 5) is 25.9. The number of aryl methyl sites for hydroxylation is 1. The number of benzene rings is 2. The van der Waals surface area contributed by atoms with Crippen LogP contribution in [-0.2, 0) is 27.1 Å². The topological polar surface area (TPSA) is 85.3 Å². The number of nitrogens with zero attached hydrogens (tertiary/aromatic N) is 1. The molecule has 1 saturated carbocycles. The Morgan fingerprint density at radius 1 is 0.972 bits per heavy atom. The Morgan fingerprint density at radius 2 is 1.69 bits per heavy atom. The molecule has 0 aromatic heterocycles. The van der Waals surface area contributed by atoms with Gasteiger partial charge in [-0.05, 0) is 75.1 Å². The molecule has 1 fully saturated rings. The van der Waals surface area contributed by atoms with E-state index in [9.17, 15) is 14.7 Å². The molecule has 1 atom stereocenters. The van der Waals surface area contributed by atoms with Gasteiger partial charge in [0.05, 0.1) is 6.54 Å². The third-order valence-corrected chi connectivity index (χ3v) is 6.43. The maximum atomic E-state index is 12.8. The summed E-state index contributed by atoms with van der Waals surface area (Å²) < 4.78 is 16.9. The minimum absolute atomic E-state index is 0.0316. The van der Waals surface area contributed by atoms with E-state index >= 15 is 0 Å². The van der Waals surface area contributed by atoms with Crippen molar-refractivity contribution < 1.29 is 28.9 Å². The number of unbranched alkanes of at least 4 members (excludes halogenated alkanes) is 1. The molecule has 0 spiro atoms. The van der Waals surface area contributed by atoms with Crippen molar-refractivity contribution in [2.75, 3.05) is 26.3 Å². The molecule has 196 valence electrons. The Balaban J connectivity index is 1.47. The van der Waals surface area contributed by atoms with Gasteiger partial charge in [-0.1, -0.05) is 42.5 Å². The number of carboxylic acids is 1. The van der Waals surface area contributed by atoms with Gasteiger partial charge in [0.2, 0.25) is 0 Å². The van der Waals surface area contributed by atoms with Crippen LogP contribution in [0.5, 0.6) is 5.75 Å². The zero-order valence-corrected chi connectivity index (χ0v) is 21.3. The lowest BCUT2D eigenvalue weighted by Crippen LogP contribution is -2.37. The summed E-state index contributed by atoms with van der Waals surface area (Å²) >= 11 is 0. The maximum absolute atomic E-state index is 12.8. The number of rotatable bonds is 15. The SMILES string of the molecule is CCOC(Cc1ccc(OCCN(CCCCc2ccccc2)C(=O)OC2CCCC2)cc1)C(=O)O. The monoisotopic (exact) mass is 497 g/mol. The van der Waals surface area contributed by atoms with Crippen LogP contribution in [0.2, 0.25) is 0 Å². The van der Waals surface area contributed by atoms with E-state index in [0.29, 0.717) is 38.5 Å². The van der Waals surface area contributed by atoms with Crippen molar-refractivity contribution in [2.24, 2.45) is 0 Å². The highest BCUT2D eigenvalue weighted by atomic mass is 16.6. The molecule has 0 aliphatic heterocycles. The standard InChI is InChI=1S/C29H39NO6/c1-2-34-27(28(31)32)22-24-15-17-25(18-16-24)35-21-20-30(29(33)36-26-13-6-7-14-26)19-9-8-12-23-10-4-3-5-11-23/h3-5,10-11,15-18,26-27H,2,6-9,12-14,19-22H2,1H3,(H,31,32). The number of ether oxygens (including phenoxy) is 3. The minimum Gasteiger partial charge on any atom is -0.492 e. The largest absolute Gasteiger partial charge is 0.492 e. The van der Waals surface area contributed by atoms with E-state index in [4.69, 9.17) is 14.2 Å². The molecule has 7 nitrogen and oxygen atoms in total. The fraction of sp³-hybridized carbons (Fsp3) is 0.517. The van der Waals surface area contributed by atoms with Crippen LogP contribution in [0, 0.1) is 0 Å². The van der Waals surface area contributed by atoms with E-state index in [1.54, 1.807) is 11.8 Å². The van der Waals surface area contributed by atoms with Gasteiger partial charge in [0.1, 0.15) is 18.5 Å². The molecular weight excluding hydrogens is 458 g/mol. The Labute approximate surface area is 214 Å². The van der Waals surface area contributed by atoms with Crippen molar-refractivity contribution in [1.29, 1.82) is 0 Å². The zero-order valence-electron chi connectivity index (χ0n) is 21.3. The molecule has 0 saturated heterocycles. The van der Waals surface area contributed by atoms with E-state index in [0.717, 1.165) is 50.5 Å². The third kappa shape index (κ3) is 9.53. The number of hydrogen-bond acceptors (Lipinski definition) is 5.